The predicted molar refractivity (Wildman–Crippen MR) is 156 cm³/mol. The van der Waals surface area contributed by atoms with Crippen LogP contribution >= 0.6 is 0 Å². The zero-order valence-corrected chi connectivity index (χ0v) is 26.2. The van der Waals surface area contributed by atoms with Crippen LogP contribution in [0.5, 0.6) is 0 Å². The summed E-state index contributed by atoms with van der Waals surface area (Å²) in [6.07, 6.45) is 17.6. The Bertz CT molecular complexity index is 778. The summed E-state index contributed by atoms with van der Waals surface area (Å²) >= 11 is 0. The molecule has 4 heteroatoms. The van der Waals surface area contributed by atoms with Gasteiger partial charge in [0.25, 0.3) is 0 Å². The average molecular weight is 517 g/mol. The van der Waals surface area contributed by atoms with Crippen LogP contribution in [0, 0.1) is 40.4 Å². The van der Waals surface area contributed by atoms with Crippen molar-refractivity contribution in [3.63, 3.8) is 0 Å². The van der Waals surface area contributed by atoms with Gasteiger partial charge in [-0.05, 0) is 143 Å². The molecule has 0 radical (unpaired) electrons. The molecular formula is C31H56O2Si2. The van der Waals surface area contributed by atoms with Gasteiger partial charge in [-0.25, -0.2) is 0 Å². The molecule has 0 aromatic heterocycles. The van der Waals surface area contributed by atoms with Gasteiger partial charge in [0, 0.05) is 12.2 Å². The SMILES string of the molecule is C=CC[Si](C)(C)O[C@H]1CC[C@@]2(C)[C@H](CC[C@@H]3[C@@H]2CC[C@]2(C)[C@@H]([C@@H](C)O[Si](C)(C)CC=C)CC[C@@H]32)C1. The van der Waals surface area contributed by atoms with Crippen molar-refractivity contribution in [3.8, 4) is 0 Å². The Morgan fingerprint density at radius 3 is 2.14 bits per heavy atom. The van der Waals surface area contributed by atoms with Crippen molar-refractivity contribution in [1.29, 1.82) is 0 Å². The van der Waals surface area contributed by atoms with E-state index in [4.69, 9.17) is 8.85 Å². The third-order valence-electron chi connectivity index (χ3n) is 11.5. The van der Waals surface area contributed by atoms with Crippen LogP contribution in [0.1, 0.15) is 78.6 Å². The maximum atomic E-state index is 6.84. The minimum Gasteiger partial charge on any atom is -0.414 e. The molecule has 0 aromatic carbocycles. The van der Waals surface area contributed by atoms with Crippen molar-refractivity contribution < 1.29 is 8.85 Å². The molecule has 0 spiro atoms. The lowest BCUT2D eigenvalue weighted by molar-refractivity contribution is -0.129. The minimum absolute atomic E-state index is 0.394. The van der Waals surface area contributed by atoms with Crippen molar-refractivity contribution in [2.45, 2.75) is 129 Å². The largest absolute Gasteiger partial charge is 0.414 e. The molecule has 0 N–H and O–H groups in total. The smallest absolute Gasteiger partial charge is 0.190 e. The number of hydrogen-bond acceptors (Lipinski definition) is 2. The first-order chi connectivity index (χ1) is 16.4. The van der Waals surface area contributed by atoms with E-state index in [2.05, 4.69) is 72.3 Å². The van der Waals surface area contributed by atoms with Crippen molar-refractivity contribution in [1.82, 2.24) is 0 Å². The van der Waals surface area contributed by atoms with Gasteiger partial charge >= 0.3 is 0 Å². The number of fused-ring (bicyclic) bond motifs is 5. The molecule has 200 valence electrons. The van der Waals surface area contributed by atoms with Crippen LogP contribution in [0.3, 0.4) is 0 Å². The first-order valence-corrected chi connectivity index (χ1v) is 21.2. The first kappa shape index (κ1) is 27.9. The third-order valence-corrected chi connectivity index (χ3v) is 16.0. The second-order valence-electron chi connectivity index (χ2n) is 14.7. The molecule has 0 bridgehead atoms. The van der Waals surface area contributed by atoms with E-state index >= 15 is 0 Å². The Labute approximate surface area is 220 Å². The zero-order valence-electron chi connectivity index (χ0n) is 24.2. The second kappa shape index (κ2) is 10.2. The van der Waals surface area contributed by atoms with Crippen LogP contribution in [-0.4, -0.2) is 28.8 Å². The molecule has 4 aliphatic carbocycles. The predicted octanol–water partition coefficient (Wildman–Crippen LogP) is 9.22. The van der Waals surface area contributed by atoms with Crippen LogP contribution in [0.4, 0.5) is 0 Å². The Morgan fingerprint density at radius 1 is 0.829 bits per heavy atom. The number of hydrogen-bond donors (Lipinski definition) is 0. The maximum Gasteiger partial charge on any atom is 0.190 e. The molecule has 0 heterocycles. The third kappa shape index (κ3) is 5.38. The van der Waals surface area contributed by atoms with Crippen molar-refractivity contribution >= 4 is 16.6 Å². The summed E-state index contributed by atoms with van der Waals surface area (Å²) in [5, 5.41) is 0. The summed E-state index contributed by atoms with van der Waals surface area (Å²) in [6.45, 7) is 25.2. The van der Waals surface area contributed by atoms with Gasteiger partial charge in [-0.2, -0.15) is 0 Å². The molecule has 4 saturated carbocycles. The van der Waals surface area contributed by atoms with E-state index in [1.54, 1.807) is 0 Å². The van der Waals surface area contributed by atoms with E-state index < -0.39 is 16.6 Å². The molecule has 0 saturated heterocycles. The van der Waals surface area contributed by atoms with Gasteiger partial charge in [0.15, 0.2) is 16.6 Å². The minimum atomic E-state index is -1.65. The topological polar surface area (TPSA) is 18.5 Å². The summed E-state index contributed by atoms with van der Waals surface area (Å²) < 4.78 is 13.6. The monoisotopic (exact) mass is 516 g/mol. The summed E-state index contributed by atoms with van der Waals surface area (Å²) in [4.78, 5) is 0. The van der Waals surface area contributed by atoms with Gasteiger partial charge in [0.1, 0.15) is 0 Å². The summed E-state index contributed by atoms with van der Waals surface area (Å²) in [5.41, 5.74) is 1.01. The lowest BCUT2D eigenvalue weighted by atomic mass is 9.44. The van der Waals surface area contributed by atoms with E-state index in [-0.39, 0.29) is 0 Å². The van der Waals surface area contributed by atoms with Gasteiger partial charge < -0.3 is 8.85 Å². The zero-order chi connectivity index (χ0) is 25.6. The fourth-order valence-electron chi connectivity index (χ4n) is 9.97. The highest BCUT2D eigenvalue weighted by Gasteiger charge is 2.61. The Morgan fingerprint density at radius 2 is 1.46 bits per heavy atom. The highest BCUT2D eigenvalue weighted by atomic mass is 28.4. The van der Waals surface area contributed by atoms with Gasteiger partial charge in [-0.15, -0.1) is 13.2 Å². The molecular weight excluding hydrogens is 461 g/mol. The molecule has 4 fully saturated rings. The van der Waals surface area contributed by atoms with Gasteiger partial charge in [-0.1, -0.05) is 26.0 Å². The van der Waals surface area contributed by atoms with Crippen LogP contribution in [0.2, 0.25) is 38.3 Å². The summed E-state index contributed by atoms with van der Waals surface area (Å²) in [6, 6.07) is 2.14. The average Bonchev–Trinajstić information content (AvgIpc) is 3.10. The Balaban J connectivity index is 1.44. The van der Waals surface area contributed by atoms with Crippen LogP contribution in [0.15, 0.2) is 25.3 Å². The summed E-state index contributed by atoms with van der Waals surface area (Å²) in [5.74, 6) is 4.38. The highest BCUT2D eigenvalue weighted by molar-refractivity contribution is 6.72. The fourth-order valence-corrected chi connectivity index (χ4v) is 13.8. The molecule has 4 aliphatic rings. The van der Waals surface area contributed by atoms with E-state index in [1.165, 1.54) is 57.8 Å². The molecule has 9 atom stereocenters. The van der Waals surface area contributed by atoms with Crippen LogP contribution < -0.4 is 0 Å². The standard InChI is InChI=1S/C31H56O2Si2/c1-10-20-34(6,7)32-23(3)27-14-15-28-26-13-12-24-22-25(33-35(8,9)21-11-2)16-18-30(24,4)29(26)17-19-31(27,28)5/h10-11,23-29H,1-2,12-22H2,3-9H3/t23-,24-,25+,26+,27-,28+,29+,30+,31-/m1/s1. The molecule has 4 rings (SSSR count). The Hall–Kier alpha value is -0.166. The first-order valence-electron chi connectivity index (χ1n) is 14.9. The van der Waals surface area contributed by atoms with Crippen molar-refractivity contribution in [2.75, 3.05) is 0 Å². The quantitative estimate of drug-likeness (QED) is 0.224. The molecule has 2 nitrogen and oxygen atoms in total. The van der Waals surface area contributed by atoms with Gasteiger partial charge in [0.2, 0.25) is 0 Å². The molecule has 0 unspecified atom stereocenters. The normalized spacial score (nSPS) is 42.5. The van der Waals surface area contributed by atoms with Gasteiger partial charge in [-0.3, -0.25) is 0 Å². The fraction of sp³-hybridized carbons (Fsp3) is 0.871. The van der Waals surface area contributed by atoms with Crippen LogP contribution in [0.25, 0.3) is 0 Å². The van der Waals surface area contributed by atoms with E-state index in [0.29, 0.717) is 23.0 Å². The van der Waals surface area contributed by atoms with Crippen molar-refractivity contribution in [3.05, 3.63) is 25.3 Å². The highest BCUT2D eigenvalue weighted by Crippen LogP contribution is 2.68. The lowest BCUT2D eigenvalue weighted by Crippen LogP contribution is -2.55. The number of rotatable bonds is 9. The van der Waals surface area contributed by atoms with E-state index in [1.807, 2.05) is 0 Å². The molecule has 0 aromatic rings. The molecule has 35 heavy (non-hydrogen) atoms. The maximum absolute atomic E-state index is 6.84. The lowest BCUT2D eigenvalue weighted by Gasteiger charge is -2.61. The van der Waals surface area contributed by atoms with E-state index in [0.717, 1.165) is 41.7 Å². The van der Waals surface area contributed by atoms with Gasteiger partial charge in [0.05, 0.1) is 0 Å². The Kier molecular flexibility index (Phi) is 8.11. The number of allylic oxidation sites excluding steroid dienone is 2. The molecule has 0 aliphatic heterocycles. The molecule has 0 amide bonds. The van der Waals surface area contributed by atoms with Crippen molar-refractivity contribution in [2.24, 2.45) is 40.4 Å². The van der Waals surface area contributed by atoms with E-state index in [9.17, 15) is 0 Å². The second-order valence-corrected chi connectivity index (χ2v) is 23.1. The van der Waals surface area contributed by atoms with Crippen LogP contribution in [-0.2, 0) is 8.85 Å². The summed E-state index contributed by atoms with van der Waals surface area (Å²) in [7, 11) is -3.26.